The molecule has 0 fully saturated rings. The summed E-state index contributed by atoms with van der Waals surface area (Å²) in [6.45, 7) is 6.06. The first-order valence-electron chi connectivity index (χ1n) is 5.59. The lowest BCUT2D eigenvalue weighted by Crippen LogP contribution is -1.72. The van der Waals surface area contributed by atoms with Crippen LogP contribution in [0.25, 0.3) is 21.0 Å². The van der Waals surface area contributed by atoms with Crippen molar-refractivity contribution < 1.29 is 0 Å². The molecule has 0 unspecified atom stereocenters. The van der Waals surface area contributed by atoms with Crippen LogP contribution in [0.5, 0.6) is 0 Å². The van der Waals surface area contributed by atoms with Gasteiger partial charge in [-0.2, -0.15) is 0 Å². The van der Waals surface area contributed by atoms with Crippen molar-refractivity contribution >= 4 is 32.3 Å². The van der Waals surface area contributed by atoms with Crippen LogP contribution in [0, 0.1) is 6.92 Å². The van der Waals surface area contributed by atoms with Crippen molar-refractivity contribution in [3.8, 4) is 0 Å². The van der Waals surface area contributed by atoms with Gasteiger partial charge in [0.2, 0.25) is 0 Å². The molecule has 0 N–H and O–H groups in total. The largest absolute Gasteiger partial charge is 0.241 e. The zero-order valence-corrected chi connectivity index (χ0v) is 10.6. The minimum absolute atomic E-state index is 1.12. The summed E-state index contributed by atoms with van der Waals surface area (Å²) >= 11 is 1.77. The van der Waals surface area contributed by atoms with E-state index >= 15 is 0 Å². The molecule has 0 radical (unpaired) electrons. The van der Waals surface area contributed by atoms with Crippen molar-refractivity contribution in [1.82, 2.24) is 4.98 Å². The maximum absolute atomic E-state index is 4.48. The average molecular weight is 229 g/mol. The van der Waals surface area contributed by atoms with Crippen LogP contribution in [-0.4, -0.2) is 4.98 Å². The zero-order valence-electron chi connectivity index (χ0n) is 9.82. The van der Waals surface area contributed by atoms with Crippen molar-refractivity contribution in [1.29, 1.82) is 0 Å². The van der Waals surface area contributed by atoms with Gasteiger partial charge < -0.3 is 0 Å². The van der Waals surface area contributed by atoms with E-state index in [1.807, 2.05) is 13.8 Å². The molecular formula is C14H15NS. The molecular weight excluding hydrogens is 214 g/mol. The molecule has 0 saturated heterocycles. The third-order valence-electron chi connectivity index (χ3n) is 2.39. The first-order valence-corrected chi connectivity index (χ1v) is 6.41. The van der Waals surface area contributed by atoms with Crippen LogP contribution in [0.4, 0.5) is 0 Å². The third-order valence-corrected chi connectivity index (χ3v) is 3.41. The molecule has 1 aromatic heterocycles. The van der Waals surface area contributed by atoms with E-state index < -0.39 is 0 Å². The van der Waals surface area contributed by atoms with E-state index in [0.29, 0.717) is 0 Å². The number of rotatable bonds is 0. The van der Waals surface area contributed by atoms with Gasteiger partial charge in [0, 0.05) is 5.39 Å². The van der Waals surface area contributed by atoms with Crippen LogP contribution in [0.1, 0.15) is 18.9 Å². The van der Waals surface area contributed by atoms with E-state index in [9.17, 15) is 0 Å². The van der Waals surface area contributed by atoms with Gasteiger partial charge in [0.05, 0.1) is 15.2 Å². The molecule has 0 aliphatic heterocycles. The fraction of sp³-hybridized carbons (Fsp3) is 0.214. The lowest BCUT2D eigenvalue weighted by molar-refractivity contribution is 1.35. The summed E-state index contributed by atoms with van der Waals surface area (Å²) in [6, 6.07) is 12.7. The molecule has 0 spiro atoms. The number of hydrogen-bond acceptors (Lipinski definition) is 2. The summed E-state index contributed by atoms with van der Waals surface area (Å²) in [7, 11) is 0. The Labute approximate surface area is 99.8 Å². The maximum Gasteiger partial charge on any atom is 0.0907 e. The van der Waals surface area contributed by atoms with Crippen molar-refractivity contribution in [2.24, 2.45) is 0 Å². The normalized spacial score (nSPS) is 10.2. The topological polar surface area (TPSA) is 12.9 Å². The second-order valence-corrected chi connectivity index (χ2v) is 4.57. The van der Waals surface area contributed by atoms with E-state index in [1.54, 1.807) is 11.3 Å². The second kappa shape index (κ2) is 4.62. The highest BCUT2D eigenvalue weighted by molar-refractivity contribution is 7.19. The quantitative estimate of drug-likeness (QED) is 0.540. The molecule has 0 aliphatic carbocycles. The summed E-state index contributed by atoms with van der Waals surface area (Å²) in [5.74, 6) is 0. The Bertz CT molecular complexity index is 610. The van der Waals surface area contributed by atoms with E-state index in [2.05, 4.69) is 48.3 Å². The van der Waals surface area contributed by atoms with Crippen molar-refractivity contribution in [2.45, 2.75) is 20.8 Å². The minimum atomic E-state index is 1.12. The Morgan fingerprint density at radius 2 is 1.75 bits per heavy atom. The van der Waals surface area contributed by atoms with Gasteiger partial charge in [-0.3, -0.25) is 0 Å². The van der Waals surface area contributed by atoms with Gasteiger partial charge in [0.25, 0.3) is 0 Å². The lowest BCUT2D eigenvalue weighted by Gasteiger charge is -1.96. The van der Waals surface area contributed by atoms with Gasteiger partial charge in [-0.15, -0.1) is 11.3 Å². The molecule has 0 amide bonds. The summed E-state index contributed by atoms with van der Waals surface area (Å²) in [5.41, 5.74) is 1.12. The average Bonchev–Trinajstić information content (AvgIpc) is 2.72. The zero-order chi connectivity index (χ0) is 11.5. The summed E-state index contributed by atoms with van der Waals surface area (Å²) < 4.78 is 1.31. The second-order valence-electron chi connectivity index (χ2n) is 3.37. The summed E-state index contributed by atoms with van der Waals surface area (Å²) in [5, 5.41) is 3.75. The monoisotopic (exact) mass is 229 g/mol. The molecule has 0 saturated carbocycles. The Kier molecular flexibility index (Phi) is 3.20. The number of nitrogens with zero attached hydrogens (tertiary/aromatic N) is 1. The molecule has 1 heterocycles. The van der Waals surface area contributed by atoms with E-state index in [0.717, 1.165) is 10.5 Å². The highest BCUT2D eigenvalue weighted by atomic mass is 32.1. The number of aryl methyl sites for hydroxylation is 1. The molecule has 0 bridgehead atoms. The van der Waals surface area contributed by atoms with Gasteiger partial charge >= 0.3 is 0 Å². The third kappa shape index (κ3) is 1.81. The summed E-state index contributed by atoms with van der Waals surface area (Å²) in [6.07, 6.45) is 0. The Morgan fingerprint density at radius 1 is 1.00 bits per heavy atom. The standard InChI is InChI=1S/C12H9NS.C2H6/c1-8-13-11-7-6-9-4-2-3-5-10(9)12(11)14-8;1-2/h2-7H,1H3;1-2H3. The van der Waals surface area contributed by atoms with E-state index in [4.69, 9.17) is 0 Å². The van der Waals surface area contributed by atoms with Crippen LogP contribution >= 0.6 is 11.3 Å². The number of aromatic nitrogens is 1. The fourth-order valence-corrected chi connectivity index (χ4v) is 2.72. The van der Waals surface area contributed by atoms with Gasteiger partial charge in [-0.05, 0) is 18.4 Å². The van der Waals surface area contributed by atoms with Gasteiger partial charge in [-0.1, -0.05) is 44.2 Å². The molecule has 16 heavy (non-hydrogen) atoms. The summed E-state index contributed by atoms with van der Waals surface area (Å²) in [4.78, 5) is 4.48. The Balaban J connectivity index is 0.000000457. The highest BCUT2D eigenvalue weighted by Gasteiger charge is 2.03. The molecule has 2 heteroatoms. The first kappa shape index (κ1) is 11.1. The van der Waals surface area contributed by atoms with Crippen LogP contribution < -0.4 is 0 Å². The van der Waals surface area contributed by atoms with E-state index in [-0.39, 0.29) is 0 Å². The molecule has 0 atom stereocenters. The molecule has 82 valence electrons. The number of hydrogen-bond donors (Lipinski definition) is 0. The minimum Gasteiger partial charge on any atom is -0.241 e. The Hall–Kier alpha value is -1.41. The van der Waals surface area contributed by atoms with Gasteiger partial charge in [0.15, 0.2) is 0 Å². The van der Waals surface area contributed by atoms with Crippen molar-refractivity contribution in [3.05, 3.63) is 41.4 Å². The SMILES string of the molecule is CC.Cc1nc2ccc3ccccc3c2s1. The number of benzene rings is 2. The predicted octanol–water partition coefficient (Wildman–Crippen LogP) is 4.78. The van der Waals surface area contributed by atoms with Crippen molar-refractivity contribution in [3.63, 3.8) is 0 Å². The molecule has 2 aromatic carbocycles. The molecule has 3 rings (SSSR count). The van der Waals surface area contributed by atoms with Crippen LogP contribution in [0.15, 0.2) is 36.4 Å². The van der Waals surface area contributed by atoms with E-state index in [1.165, 1.54) is 15.5 Å². The Morgan fingerprint density at radius 3 is 2.56 bits per heavy atom. The lowest BCUT2D eigenvalue weighted by atomic mass is 10.1. The van der Waals surface area contributed by atoms with Crippen LogP contribution in [-0.2, 0) is 0 Å². The molecule has 3 aromatic rings. The molecule has 1 nitrogen and oxygen atoms in total. The highest BCUT2D eigenvalue weighted by Crippen LogP contribution is 2.29. The predicted molar refractivity (Wildman–Crippen MR) is 73.2 cm³/mol. The number of fused-ring (bicyclic) bond motifs is 3. The van der Waals surface area contributed by atoms with Crippen LogP contribution in [0.2, 0.25) is 0 Å². The van der Waals surface area contributed by atoms with Crippen LogP contribution in [0.3, 0.4) is 0 Å². The first-order chi connectivity index (χ1) is 7.84. The fourth-order valence-electron chi connectivity index (χ4n) is 1.77. The smallest absolute Gasteiger partial charge is 0.0907 e. The number of thiazole rings is 1. The van der Waals surface area contributed by atoms with Gasteiger partial charge in [-0.25, -0.2) is 4.98 Å². The van der Waals surface area contributed by atoms with Gasteiger partial charge in [0.1, 0.15) is 0 Å². The maximum atomic E-state index is 4.48. The molecule has 0 aliphatic rings. The van der Waals surface area contributed by atoms with Crippen molar-refractivity contribution in [2.75, 3.05) is 0 Å².